The predicted molar refractivity (Wildman–Crippen MR) is 75.1 cm³/mol. The number of benzene rings is 1. The van der Waals surface area contributed by atoms with Crippen molar-refractivity contribution in [1.82, 2.24) is 15.1 Å². The van der Waals surface area contributed by atoms with E-state index in [-0.39, 0.29) is 11.8 Å². The molecule has 2 N–H and O–H groups in total. The van der Waals surface area contributed by atoms with E-state index in [0.717, 1.165) is 11.3 Å². The lowest BCUT2D eigenvalue weighted by molar-refractivity contribution is -0.114. The Labute approximate surface area is 116 Å². The molecular formula is C14H16N4O2. The number of carbonyl (C=O) groups is 2. The molecule has 0 aliphatic rings. The quantitative estimate of drug-likeness (QED) is 0.881. The van der Waals surface area contributed by atoms with Gasteiger partial charge in [0.1, 0.15) is 0 Å². The number of hydrogen-bond donors (Lipinski definition) is 2. The predicted octanol–water partition coefficient (Wildman–Crippen LogP) is 1.31. The van der Waals surface area contributed by atoms with Crippen LogP contribution >= 0.6 is 0 Å². The SMILES string of the molecule is CC(=O)Nc1ccc(CNC(=O)c2cnn(C)c2)cc1. The van der Waals surface area contributed by atoms with Crippen LogP contribution in [0.3, 0.4) is 0 Å². The monoisotopic (exact) mass is 272 g/mol. The number of aryl methyl sites for hydroxylation is 1. The lowest BCUT2D eigenvalue weighted by atomic mass is 10.2. The van der Waals surface area contributed by atoms with Crippen molar-refractivity contribution in [2.75, 3.05) is 5.32 Å². The minimum atomic E-state index is -0.163. The molecule has 1 aromatic carbocycles. The van der Waals surface area contributed by atoms with Crippen LogP contribution in [0, 0.1) is 0 Å². The molecule has 0 fully saturated rings. The van der Waals surface area contributed by atoms with E-state index >= 15 is 0 Å². The summed E-state index contributed by atoms with van der Waals surface area (Å²) in [6.45, 7) is 1.89. The standard InChI is InChI=1S/C14H16N4O2/c1-10(19)17-13-5-3-11(4-6-13)7-15-14(20)12-8-16-18(2)9-12/h3-6,8-9H,7H2,1-2H3,(H,15,20)(H,17,19). The van der Waals surface area contributed by atoms with Crippen LogP contribution < -0.4 is 10.6 Å². The van der Waals surface area contributed by atoms with Crippen molar-refractivity contribution in [2.45, 2.75) is 13.5 Å². The van der Waals surface area contributed by atoms with Crippen molar-refractivity contribution in [3.05, 3.63) is 47.8 Å². The molecule has 20 heavy (non-hydrogen) atoms. The summed E-state index contributed by atoms with van der Waals surface area (Å²) in [7, 11) is 1.76. The first-order valence-corrected chi connectivity index (χ1v) is 6.18. The third kappa shape index (κ3) is 3.68. The van der Waals surface area contributed by atoms with E-state index in [2.05, 4.69) is 15.7 Å². The molecule has 0 unspecified atom stereocenters. The molecule has 0 radical (unpaired) electrons. The van der Waals surface area contributed by atoms with Crippen molar-refractivity contribution in [2.24, 2.45) is 7.05 Å². The molecule has 104 valence electrons. The van der Waals surface area contributed by atoms with Gasteiger partial charge in [-0.1, -0.05) is 12.1 Å². The van der Waals surface area contributed by atoms with Gasteiger partial charge in [-0.15, -0.1) is 0 Å². The van der Waals surface area contributed by atoms with Crippen LogP contribution in [0.1, 0.15) is 22.8 Å². The number of nitrogens with one attached hydrogen (secondary N) is 2. The van der Waals surface area contributed by atoms with Gasteiger partial charge < -0.3 is 10.6 Å². The van der Waals surface area contributed by atoms with E-state index in [1.54, 1.807) is 30.1 Å². The zero-order chi connectivity index (χ0) is 14.5. The zero-order valence-electron chi connectivity index (χ0n) is 11.4. The highest BCUT2D eigenvalue weighted by molar-refractivity contribution is 5.93. The Kier molecular flexibility index (Phi) is 4.14. The van der Waals surface area contributed by atoms with Crippen molar-refractivity contribution >= 4 is 17.5 Å². The first kappa shape index (κ1) is 13.8. The molecule has 2 rings (SSSR count). The summed E-state index contributed by atoms with van der Waals surface area (Å²) >= 11 is 0. The van der Waals surface area contributed by atoms with Gasteiger partial charge in [-0.25, -0.2) is 0 Å². The van der Waals surface area contributed by atoms with E-state index in [0.29, 0.717) is 12.1 Å². The highest BCUT2D eigenvalue weighted by atomic mass is 16.2. The molecule has 6 heteroatoms. The van der Waals surface area contributed by atoms with Gasteiger partial charge in [0.05, 0.1) is 11.8 Å². The highest BCUT2D eigenvalue weighted by Gasteiger charge is 2.07. The summed E-state index contributed by atoms with van der Waals surface area (Å²) in [5.41, 5.74) is 2.22. The minimum Gasteiger partial charge on any atom is -0.348 e. The lowest BCUT2D eigenvalue weighted by Gasteiger charge is -2.06. The molecular weight excluding hydrogens is 256 g/mol. The zero-order valence-corrected chi connectivity index (χ0v) is 11.4. The molecule has 0 saturated carbocycles. The number of nitrogens with zero attached hydrogens (tertiary/aromatic N) is 2. The van der Waals surface area contributed by atoms with Crippen LogP contribution in [0.5, 0.6) is 0 Å². The number of aromatic nitrogens is 2. The molecule has 0 saturated heterocycles. The van der Waals surface area contributed by atoms with Crippen molar-refractivity contribution in [3.8, 4) is 0 Å². The molecule has 1 aromatic heterocycles. The summed E-state index contributed by atoms with van der Waals surface area (Å²) in [6, 6.07) is 7.31. The Morgan fingerprint density at radius 1 is 1.25 bits per heavy atom. The first-order valence-electron chi connectivity index (χ1n) is 6.18. The van der Waals surface area contributed by atoms with E-state index in [1.807, 2.05) is 12.1 Å². The molecule has 0 aliphatic heterocycles. The van der Waals surface area contributed by atoms with E-state index in [4.69, 9.17) is 0 Å². The number of rotatable bonds is 4. The van der Waals surface area contributed by atoms with Crippen molar-refractivity contribution in [1.29, 1.82) is 0 Å². The first-order chi connectivity index (χ1) is 9.54. The molecule has 0 bridgehead atoms. The molecule has 6 nitrogen and oxygen atoms in total. The van der Waals surface area contributed by atoms with Gasteiger partial charge in [0.15, 0.2) is 0 Å². The normalized spacial score (nSPS) is 10.1. The number of hydrogen-bond acceptors (Lipinski definition) is 3. The topological polar surface area (TPSA) is 76.0 Å². The highest BCUT2D eigenvalue weighted by Crippen LogP contribution is 2.09. The summed E-state index contributed by atoms with van der Waals surface area (Å²) in [5, 5.41) is 9.44. The summed E-state index contributed by atoms with van der Waals surface area (Å²) in [5.74, 6) is -0.272. The van der Waals surface area contributed by atoms with Crippen LogP contribution in [0.2, 0.25) is 0 Å². The fourth-order valence-corrected chi connectivity index (χ4v) is 1.73. The average Bonchev–Trinajstić information content (AvgIpc) is 2.84. The molecule has 2 aromatic rings. The van der Waals surface area contributed by atoms with Crippen LogP contribution in [0.15, 0.2) is 36.7 Å². The summed E-state index contributed by atoms with van der Waals surface area (Å²) < 4.78 is 1.58. The van der Waals surface area contributed by atoms with Gasteiger partial charge in [0.2, 0.25) is 5.91 Å². The third-order valence-electron chi connectivity index (χ3n) is 2.69. The van der Waals surface area contributed by atoms with Crippen LogP contribution in [0.4, 0.5) is 5.69 Å². The fraction of sp³-hybridized carbons (Fsp3) is 0.214. The van der Waals surface area contributed by atoms with Gasteiger partial charge in [-0.2, -0.15) is 5.10 Å². The maximum atomic E-state index is 11.8. The fourth-order valence-electron chi connectivity index (χ4n) is 1.73. The molecule has 0 atom stereocenters. The number of amides is 2. The van der Waals surface area contributed by atoms with E-state index in [1.165, 1.54) is 13.1 Å². The van der Waals surface area contributed by atoms with Crippen LogP contribution in [-0.4, -0.2) is 21.6 Å². The Morgan fingerprint density at radius 2 is 1.95 bits per heavy atom. The Bertz CT molecular complexity index is 616. The Balaban J connectivity index is 1.90. The van der Waals surface area contributed by atoms with E-state index < -0.39 is 0 Å². The minimum absolute atomic E-state index is 0.109. The maximum absolute atomic E-state index is 11.8. The Hall–Kier alpha value is -2.63. The average molecular weight is 272 g/mol. The lowest BCUT2D eigenvalue weighted by Crippen LogP contribution is -2.22. The van der Waals surface area contributed by atoms with Gasteiger partial charge in [-0.3, -0.25) is 14.3 Å². The van der Waals surface area contributed by atoms with Gasteiger partial charge in [-0.05, 0) is 17.7 Å². The largest absolute Gasteiger partial charge is 0.348 e. The second-order valence-corrected chi connectivity index (χ2v) is 4.46. The third-order valence-corrected chi connectivity index (χ3v) is 2.69. The van der Waals surface area contributed by atoms with Crippen molar-refractivity contribution in [3.63, 3.8) is 0 Å². The summed E-state index contributed by atoms with van der Waals surface area (Å²) in [4.78, 5) is 22.7. The van der Waals surface area contributed by atoms with Crippen molar-refractivity contribution < 1.29 is 9.59 Å². The molecule has 1 heterocycles. The Morgan fingerprint density at radius 3 is 2.50 bits per heavy atom. The van der Waals surface area contributed by atoms with E-state index in [9.17, 15) is 9.59 Å². The molecule has 0 aliphatic carbocycles. The smallest absolute Gasteiger partial charge is 0.254 e. The van der Waals surface area contributed by atoms with Crippen LogP contribution in [0.25, 0.3) is 0 Å². The maximum Gasteiger partial charge on any atom is 0.254 e. The van der Waals surface area contributed by atoms with Gasteiger partial charge in [0.25, 0.3) is 5.91 Å². The second-order valence-electron chi connectivity index (χ2n) is 4.46. The molecule has 0 spiro atoms. The van der Waals surface area contributed by atoms with Crippen LogP contribution in [-0.2, 0) is 18.4 Å². The molecule has 2 amide bonds. The number of anilines is 1. The number of carbonyl (C=O) groups excluding carboxylic acids is 2. The van der Waals surface area contributed by atoms with Gasteiger partial charge in [0, 0.05) is 32.4 Å². The van der Waals surface area contributed by atoms with Gasteiger partial charge >= 0.3 is 0 Å². The summed E-state index contributed by atoms with van der Waals surface area (Å²) in [6.07, 6.45) is 3.18. The second kappa shape index (κ2) is 6.01.